The number of hydrogen-bond donors (Lipinski definition) is 2. The Morgan fingerprint density at radius 1 is 1.21 bits per heavy atom. The van der Waals surface area contributed by atoms with Crippen molar-refractivity contribution < 1.29 is 9.47 Å². The lowest BCUT2D eigenvalue weighted by atomic mass is 10.2. The minimum atomic E-state index is 0.337. The molecule has 0 aromatic carbocycles. The molecule has 6 heteroatoms. The van der Waals surface area contributed by atoms with Gasteiger partial charge in [-0.15, -0.1) is 0 Å². The summed E-state index contributed by atoms with van der Waals surface area (Å²) < 4.78 is 10.5. The zero-order valence-electron chi connectivity index (χ0n) is 12.0. The van der Waals surface area contributed by atoms with Gasteiger partial charge < -0.3 is 20.5 Å². The Kier molecular flexibility index (Phi) is 6.95. The van der Waals surface area contributed by atoms with E-state index in [2.05, 4.69) is 22.2 Å². The molecule has 0 saturated heterocycles. The predicted octanol–water partition coefficient (Wildman–Crippen LogP) is 2.21. The van der Waals surface area contributed by atoms with E-state index in [-0.39, 0.29) is 0 Å². The van der Waals surface area contributed by atoms with Crippen LogP contribution in [0.15, 0.2) is 0 Å². The summed E-state index contributed by atoms with van der Waals surface area (Å²) in [5.74, 6) is 1.61. The van der Waals surface area contributed by atoms with E-state index in [1.165, 1.54) is 12.8 Å². The Bertz CT molecular complexity index is 385. The van der Waals surface area contributed by atoms with Crippen LogP contribution in [0.1, 0.15) is 38.9 Å². The topological polar surface area (TPSA) is 82.3 Å². The van der Waals surface area contributed by atoms with E-state index in [1.807, 2.05) is 6.92 Å². The van der Waals surface area contributed by atoms with Crippen LogP contribution in [-0.2, 0) is 11.3 Å². The second-order valence-electron chi connectivity index (χ2n) is 4.21. The van der Waals surface area contributed by atoms with Crippen molar-refractivity contribution in [2.75, 3.05) is 31.3 Å². The highest BCUT2D eigenvalue weighted by Crippen LogP contribution is 2.26. The van der Waals surface area contributed by atoms with Gasteiger partial charge in [0, 0.05) is 13.7 Å². The average Bonchev–Trinajstić information content (AvgIpc) is 2.40. The number of hydrogen-bond acceptors (Lipinski definition) is 6. The highest BCUT2D eigenvalue weighted by molar-refractivity contribution is 5.66. The highest BCUT2D eigenvalue weighted by atomic mass is 16.5. The molecule has 1 aromatic heterocycles. The zero-order valence-corrected chi connectivity index (χ0v) is 12.0. The van der Waals surface area contributed by atoms with Crippen LogP contribution in [0.5, 0.6) is 5.88 Å². The second kappa shape index (κ2) is 8.53. The largest absolute Gasteiger partial charge is 0.476 e. The standard InChI is InChI=1S/C13H24N4O2/c1-4-6-7-8-15-12-11(14)13(19-5-2)17-10(16-12)9-18-3/h4-9,14H2,1-3H3,(H,15,16,17). The van der Waals surface area contributed by atoms with Crippen molar-refractivity contribution in [3.05, 3.63) is 5.82 Å². The summed E-state index contributed by atoms with van der Waals surface area (Å²) in [4.78, 5) is 8.58. The Labute approximate surface area is 114 Å². The molecule has 0 radical (unpaired) electrons. The molecule has 0 aliphatic heterocycles. The fraction of sp³-hybridized carbons (Fsp3) is 0.692. The number of nitrogens with zero attached hydrogens (tertiary/aromatic N) is 2. The van der Waals surface area contributed by atoms with Crippen molar-refractivity contribution in [1.82, 2.24) is 9.97 Å². The normalized spacial score (nSPS) is 10.5. The van der Waals surface area contributed by atoms with E-state index in [0.717, 1.165) is 13.0 Å². The molecule has 0 aliphatic rings. The lowest BCUT2D eigenvalue weighted by Crippen LogP contribution is -2.12. The van der Waals surface area contributed by atoms with Gasteiger partial charge in [0.2, 0.25) is 5.88 Å². The maximum atomic E-state index is 6.00. The summed E-state index contributed by atoms with van der Waals surface area (Å²) in [5.41, 5.74) is 6.45. The number of methoxy groups -OCH3 is 1. The van der Waals surface area contributed by atoms with E-state index in [0.29, 0.717) is 36.4 Å². The van der Waals surface area contributed by atoms with Gasteiger partial charge in [0.05, 0.1) is 6.61 Å². The molecule has 1 heterocycles. The fourth-order valence-electron chi connectivity index (χ4n) is 1.65. The Balaban J connectivity index is 2.80. The number of nitrogens with one attached hydrogen (secondary N) is 1. The third kappa shape index (κ3) is 4.90. The number of rotatable bonds is 9. The van der Waals surface area contributed by atoms with Crippen LogP contribution in [-0.4, -0.2) is 30.2 Å². The van der Waals surface area contributed by atoms with Crippen molar-refractivity contribution in [1.29, 1.82) is 0 Å². The maximum Gasteiger partial charge on any atom is 0.242 e. The maximum absolute atomic E-state index is 6.00. The summed E-state index contributed by atoms with van der Waals surface area (Å²) in [6.45, 7) is 5.76. The third-order valence-electron chi connectivity index (χ3n) is 2.58. The van der Waals surface area contributed by atoms with Gasteiger partial charge in [0.1, 0.15) is 12.3 Å². The molecule has 3 N–H and O–H groups in total. The molecule has 0 aliphatic carbocycles. The van der Waals surface area contributed by atoms with Crippen LogP contribution in [0.25, 0.3) is 0 Å². The van der Waals surface area contributed by atoms with Gasteiger partial charge >= 0.3 is 0 Å². The fourth-order valence-corrected chi connectivity index (χ4v) is 1.65. The Hall–Kier alpha value is -1.56. The molecule has 1 aromatic rings. The van der Waals surface area contributed by atoms with Gasteiger partial charge in [0.25, 0.3) is 0 Å². The lowest BCUT2D eigenvalue weighted by Gasteiger charge is -2.13. The quantitative estimate of drug-likeness (QED) is 0.668. The Morgan fingerprint density at radius 3 is 2.63 bits per heavy atom. The van der Waals surface area contributed by atoms with Crippen molar-refractivity contribution >= 4 is 11.5 Å². The molecule has 0 atom stereocenters. The monoisotopic (exact) mass is 268 g/mol. The van der Waals surface area contributed by atoms with Gasteiger partial charge in [-0.3, -0.25) is 0 Å². The molecule has 0 amide bonds. The van der Waals surface area contributed by atoms with E-state index in [4.69, 9.17) is 15.2 Å². The van der Waals surface area contributed by atoms with Crippen LogP contribution in [0, 0.1) is 0 Å². The van der Waals surface area contributed by atoms with E-state index in [1.54, 1.807) is 7.11 Å². The van der Waals surface area contributed by atoms with Crippen LogP contribution < -0.4 is 15.8 Å². The molecule has 19 heavy (non-hydrogen) atoms. The first-order chi connectivity index (χ1) is 9.22. The first-order valence-electron chi connectivity index (χ1n) is 6.74. The van der Waals surface area contributed by atoms with Crippen LogP contribution in [0.4, 0.5) is 11.5 Å². The molecule has 0 spiro atoms. The van der Waals surface area contributed by atoms with Crippen molar-refractivity contribution in [3.63, 3.8) is 0 Å². The minimum absolute atomic E-state index is 0.337. The summed E-state index contributed by atoms with van der Waals surface area (Å²) in [7, 11) is 1.61. The van der Waals surface area contributed by atoms with Gasteiger partial charge in [-0.05, 0) is 13.3 Å². The number of aromatic nitrogens is 2. The van der Waals surface area contributed by atoms with Gasteiger partial charge in [0.15, 0.2) is 11.6 Å². The molecular weight excluding hydrogens is 244 g/mol. The number of anilines is 2. The van der Waals surface area contributed by atoms with Crippen molar-refractivity contribution in [2.45, 2.75) is 39.7 Å². The van der Waals surface area contributed by atoms with Crippen molar-refractivity contribution in [3.8, 4) is 5.88 Å². The van der Waals surface area contributed by atoms with Crippen LogP contribution in [0.2, 0.25) is 0 Å². The van der Waals surface area contributed by atoms with Gasteiger partial charge in [-0.25, -0.2) is 4.98 Å². The predicted molar refractivity (Wildman–Crippen MR) is 76.3 cm³/mol. The number of nitrogens with two attached hydrogens (primary N) is 1. The van der Waals surface area contributed by atoms with Crippen molar-refractivity contribution in [2.24, 2.45) is 0 Å². The molecule has 0 bridgehead atoms. The molecule has 0 fully saturated rings. The Morgan fingerprint density at radius 2 is 2.00 bits per heavy atom. The van der Waals surface area contributed by atoms with Gasteiger partial charge in [-0.1, -0.05) is 19.8 Å². The number of unbranched alkanes of at least 4 members (excludes halogenated alkanes) is 2. The number of nitrogen functional groups attached to an aromatic ring is 1. The summed E-state index contributed by atoms with van der Waals surface area (Å²) in [6.07, 6.45) is 3.45. The summed E-state index contributed by atoms with van der Waals surface area (Å²) in [6, 6.07) is 0. The molecular formula is C13H24N4O2. The van der Waals surface area contributed by atoms with E-state index in [9.17, 15) is 0 Å². The number of ether oxygens (including phenoxy) is 2. The SMILES string of the molecule is CCCCCNc1nc(COC)nc(OCC)c1N. The van der Waals surface area contributed by atoms with E-state index >= 15 is 0 Å². The smallest absolute Gasteiger partial charge is 0.242 e. The average molecular weight is 268 g/mol. The highest BCUT2D eigenvalue weighted by Gasteiger charge is 2.12. The minimum Gasteiger partial charge on any atom is -0.476 e. The molecule has 0 unspecified atom stereocenters. The molecule has 108 valence electrons. The summed E-state index contributed by atoms with van der Waals surface area (Å²) >= 11 is 0. The molecule has 0 saturated carbocycles. The molecule has 6 nitrogen and oxygen atoms in total. The summed E-state index contributed by atoms with van der Waals surface area (Å²) in [5, 5.41) is 3.23. The zero-order chi connectivity index (χ0) is 14.1. The first-order valence-corrected chi connectivity index (χ1v) is 6.74. The first kappa shape index (κ1) is 15.5. The third-order valence-corrected chi connectivity index (χ3v) is 2.58. The van der Waals surface area contributed by atoms with Crippen LogP contribution in [0.3, 0.4) is 0 Å². The van der Waals surface area contributed by atoms with E-state index < -0.39 is 0 Å². The second-order valence-corrected chi connectivity index (χ2v) is 4.21. The van der Waals surface area contributed by atoms with Gasteiger partial charge in [-0.2, -0.15) is 4.98 Å². The van der Waals surface area contributed by atoms with Crippen LogP contribution >= 0.6 is 0 Å². The molecule has 1 rings (SSSR count). The lowest BCUT2D eigenvalue weighted by molar-refractivity contribution is 0.176.